The number of carbonyl (C=O) groups is 2. The summed E-state index contributed by atoms with van der Waals surface area (Å²) in [6.07, 6.45) is 0. The van der Waals surface area contributed by atoms with Gasteiger partial charge in [0.25, 0.3) is 0 Å². The van der Waals surface area contributed by atoms with E-state index in [1.807, 2.05) is 30.3 Å². The molecule has 21 heavy (non-hydrogen) atoms. The zero-order valence-electron chi connectivity index (χ0n) is 12.1. The van der Waals surface area contributed by atoms with E-state index < -0.39 is 6.04 Å². The van der Waals surface area contributed by atoms with Crippen LogP contribution in [0.4, 0.5) is 0 Å². The van der Waals surface area contributed by atoms with Crippen molar-refractivity contribution in [2.45, 2.75) is 6.04 Å². The maximum Gasteiger partial charge on any atom is 0.250 e. The molecule has 1 unspecified atom stereocenters. The summed E-state index contributed by atoms with van der Waals surface area (Å²) < 4.78 is 10.2. The van der Waals surface area contributed by atoms with Gasteiger partial charge in [-0.1, -0.05) is 30.3 Å². The van der Waals surface area contributed by atoms with Crippen LogP contribution in [-0.4, -0.2) is 56.7 Å². The monoisotopic (exact) mass is 292 g/mol. The molecule has 1 aliphatic rings. The number of rotatable bonds is 7. The molecule has 0 saturated carbocycles. The Hall–Kier alpha value is -1.92. The number of hydrogen-bond acceptors (Lipinski definition) is 4. The maximum atomic E-state index is 12.4. The molecule has 1 heterocycles. The van der Waals surface area contributed by atoms with Crippen LogP contribution in [0.15, 0.2) is 30.3 Å². The summed E-state index contributed by atoms with van der Waals surface area (Å²) in [5.41, 5.74) is 0.792. The van der Waals surface area contributed by atoms with E-state index in [2.05, 4.69) is 5.32 Å². The molecule has 1 aromatic carbocycles. The van der Waals surface area contributed by atoms with Gasteiger partial charge in [-0.15, -0.1) is 0 Å². The predicted molar refractivity (Wildman–Crippen MR) is 76.6 cm³/mol. The Balaban J connectivity index is 1.93. The summed E-state index contributed by atoms with van der Waals surface area (Å²) in [7, 11) is 1.60. The van der Waals surface area contributed by atoms with Gasteiger partial charge in [0, 0.05) is 13.7 Å². The van der Waals surface area contributed by atoms with Gasteiger partial charge in [-0.05, 0) is 5.56 Å². The number of nitrogens with zero attached hydrogens (tertiary/aromatic N) is 1. The van der Waals surface area contributed by atoms with Crippen molar-refractivity contribution in [3.05, 3.63) is 35.9 Å². The van der Waals surface area contributed by atoms with Gasteiger partial charge < -0.3 is 19.7 Å². The maximum absolute atomic E-state index is 12.4. The average Bonchev–Trinajstić information content (AvgIpc) is 2.51. The van der Waals surface area contributed by atoms with Crippen LogP contribution in [0.3, 0.4) is 0 Å². The van der Waals surface area contributed by atoms with Gasteiger partial charge in [-0.25, -0.2) is 0 Å². The van der Waals surface area contributed by atoms with E-state index in [4.69, 9.17) is 9.47 Å². The quantitative estimate of drug-likeness (QED) is 0.736. The third-order valence-corrected chi connectivity index (χ3v) is 3.27. The first-order valence-corrected chi connectivity index (χ1v) is 6.92. The van der Waals surface area contributed by atoms with Crippen molar-refractivity contribution >= 4 is 11.8 Å². The molecule has 114 valence electrons. The first-order chi connectivity index (χ1) is 10.2. The normalized spacial score (nSPS) is 18.7. The molecule has 2 rings (SSSR count). The lowest BCUT2D eigenvalue weighted by molar-refractivity contribution is -0.145. The molecule has 0 spiro atoms. The highest BCUT2D eigenvalue weighted by Gasteiger charge is 2.33. The van der Waals surface area contributed by atoms with Crippen LogP contribution in [0.1, 0.15) is 11.6 Å². The Kier molecular flexibility index (Phi) is 5.71. The van der Waals surface area contributed by atoms with E-state index in [1.165, 1.54) is 4.90 Å². The number of piperazine rings is 1. The van der Waals surface area contributed by atoms with E-state index in [1.54, 1.807) is 7.11 Å². The second-order valence-electron chi connectivity index (χ2n) is 4.78. The van der Waals surface area contributed by atoms with Crippen LogP contribution in [0, 0.1) is 0 Å². The summed E-state index contributed by atoms with van der Waals surface area (Å²) in [6.45, 7) is 1.87. The highest BCUT2D eigenvalue weighted by atomic mass is 16.5. The topological polar surface area (TPSA) is 67.9 Å². The van der Waals surface area contributed by atoms with Gasteiger partial charge >= 0.3 is 0 Å². The molecular formula is C15H20N2O4. The Bertz CT molecular complexity index is 478. The molecule has 1 N–H and O–H groups in total. The van der Waals surface area contributed by atoms with Crippen molar-refractivity contribution in [1.29, 1.82) is 0 Å². The number of nitrogens with one attached hydrogen (secondary N) is 1. The minimum atomic E-state index is -0.605. The van der Waals surface area contributed by atoms with Crippen molar-refractivity contribution in [1.82, 2.24) is 10.2 Å². The van der Waals surface area contributed by atoms with Crippen molar-refractivity contribution < 1.29 is 19.1 Å². The Morgan fingerprint density at radius 2 is 1.95 bits per heavy atom. The molecule has 1 atom stereocenters. The fourth-order valence-electron chi connectivity index (χ4n) is 2.18. The molecule has 1 aromatic rings. The fourth-order valence-corrected chi connectivity index (χ4v) is 2.18. The van der Waals surface area contributed by atoms with E-state index in [0.717, 1.165) is 5.56 Å². The summed E-state index contributed by atoms with van der Waals surface area (Å²) >= 11 is 0. The van der Waals surface area contributed by atoms with Crippen molar-refractivity contribution in [2.24, 2.45) is 0 Å². The molecule has 0 aromatic heterocycles. The molecule has 6 heteroatoms. The largest absolute Gasteiger partial charge is 0.382 e. The number of hydrogen-bond donors (Lipinski definition) is 1. The SMILES string of the molecule is COCCOCCN1CC(=O)NC(c2ccccc2)C1=O. The van der Waals surface area contributed by atoms with Gasteiger partial charge in [-0.2, -0.15) is 0 Å². The fraction of sp³-hybridized carbons (Fsp3) is 0.467. The second kappa shape index (κ2) is 7.75. The summed E-state index contributed by atoms with van der Waals surface area (Å²) in [5, 5.41) is 2.73. The zero-order valence-corrected chi connectivity index (χ0v) is 12.1. The Morgan fingerprint density at radius 3 is 2.67 bits per heavy atom. The van der Waals surface area contributed by atoms with Crippen LogP contribution < -0.4 is 5.32 Å². The minimum absolute atomic E-state index is 0.0792. The lowest BCUT2D eigenvalue weighted by atomic mass is 10.0. The number of methoxy groups -OCH3 is 1. The van der Waals surface area contributed by atoms with Gasteiger partial charge in [0.15, 0.2) is 0 Å². The molecule has 6 nitrogen and oxygen atoms in total. The lowest BCUT2D eigenvalue weighted by Gasteiger charge is -2.32. The third kappa shape index (κ3) is 4.27. The van der Waals surface area contributed by atoms with Crippen LogP contribution in [-0.2, 0) is 19.1 Å². The number of ether oxygens (including phenoxy) is 2. The summed E-state index contributed by atoms with van der Waals surface area (Å²) in [4.78, 5) is 25.7. The summed E-state index contributed by atoms with van der Waals surface area (Å²) in [6, 6.07) is 8.64. The molecule has 0 bridgehead atoms. The first kappa shape index (κ1) is 15.5. The van der Waals surface area contributed by atoms with E-state index >= 15 is 0 Å². The predicted octanol–water partition coefficient (Wildman–Crippen LogP) is 0.349. The Labute approximate surface area is 124 Å². The molecule has 0 radical (unpaired) electrons. The molecular weight excluding hydrogens is 272 g/mol. The van der Waals surface area contributed by atoms with Crippen LogP contribution in [0.5, 0.6) is 0 Å². The van der Waals surface area contributed by atoms with E-state index in [0.29, 0.717) is 26.4 Å². The summed E-state index contributed by atoms with van der Waals surface area (Å²) in [5.74, 6) is -0.253. The van der Waals surface area contributed by atoms with E-state index in [-0.39, 0.29) is 18.4 Å². The van der Waals surface area contributed by atoms with Crippen LogP contribution >= 0.6 is 0 Å². The Morgan fingerprint density at radius 1 is 1.19 bits per heavy atom. The van der Waals surface area contributed by atoms with E-state index in [9.17, 15) is 9.59 Å². The number of benzene rings is 1. The van der Waals surface area contributed by atoms with Crippen molar-refractivity contribution in [2.75, 3.05) is 40.0 Å². The van der Waals surface area contributed by atoms with Crippen molar-refractivity contribution in [3.63, 3.8) is 0 Å². The van der Waals surface area contributed by atoms with Gasteiger partial charge in [0.05, 0.1) is 26.4 Å². The molecule has 1 saturated heterocycles. The van der Waals surface area contributed by atoms with Crippen molar-refractivity contribution in [3.8, 4) is 0 Å². The highest BCUT2D eigenvalue weighted by Crippen LogP contribution is 2.18. The number of carbonyl (C=O) groups excluding carboxylic acids is 2. The standard InChI is InChI=1S/C15H20N2O4/c1-20-9-10-21-8-7-17-11-13(18)16-14(15(17)19)12-5-3-2-4-6-12/h2-6,14H,7-11H2,1H3,(H,16,18). The lowest BCUT2D eigenvalue weighted by Crippen LogP contribution is -2.54. The highest BCUT2D eigenvalue weighted by molar-refractivity contribution is 5.95. The second-order valence-corrected chi connectivity index (χ2v) is 4.78. The van der Waals surface area contributed by atoms with Crippen LogP contribution in [0.25, 0.3) is 0 Å². The average molecular weight is 292 g/mol. The first-order valence-electron chi connectivity index (χ1n) is 6.92. The number of amides is 2. The van der Waals surface area contributed by atoms with Crippen LogP contribution in [0.2, 0.25) is 0 Å². The minimum Gasteiger partial charge on any atom is -0.382 e. The molecule has 0 aliphatic carbocycles. The van der Waals surface area contributed by atoms with Gasteiger partial charge in [-0.3, -0.25) is 9.59 Å². The molecule has 1 aliphatic heterocycles. The molecule has 1 fully saturated rings. The van der Waals surface area contributed by atoms with Gasteiger partial charge in [0.2, 0.25) is 11.8 Å². The van der Waals surface area contributed by atoms with Gasteiger partial charge in [0.1, 0.15) is 6.04 Å². The molecule has 2 amide bonds. The zero-order chi connectivity index (χ0) is 15.1. The third-order valence-electron chi connectivity index (χ3n) is 3.27. The smallest absolute Gasteiger partial charge is 0.250 e.